The maximum atomic E-state index is 12.9. The van der Waals surface area contributed by atoms with Crippen LogP contribution in [0.2, 0.25) is 19.6 Å². The topological polar surface area (TPSA) is 37.4 Å². The van der Waals surface area contributed by atoms with Crippen LogP contribution in [0.4, 0.5) is 0 Å². The molecule has 0 radical (unpaired) electrons. The van der Waals surface area contributed by atoms with Gasteiger partial charge in [0.25, 0.3) is 0 Å². The van der Waals surface area contributed by atoms with Gasteiger partial charge in [-0.25, -0.2) is 8.42 Å². The molecule has 0 aliphatic rings. The van der Waals surface area contributed by atoms with Gasteiger partial charge in [0.05, 0.1) is 4.90 Å². The Bertz CT molecular complexity index is 732. The second-order valence-corrected chi connectivity index (χ2v) is 13.3. The maximum absolute atomic E-state index is 12.9. The zero-order chi connectivity index (χ0) is 18.2. The first-order chi connectivity index (χ1) is 11.2. The average molecular weight is 362 g/mol. The summed E-state index contributed by atoms with van der Waals surface area (Å²) in [6, 6.07) is 6.94. The van der Waals surface area contributed by atoms with Crippen molar-refractivity contribution < 1.29 is 8.42 Å². The fourth-order valence-corrected chi connectivity index (χ4v) is 4.00. The summed E-state index contributed by atoms with van der Waals surface area (Å²) in [6.07, 6.45) is 5.73. The van der Waals surface area contributed by atoms with E-state index in [1.54, 1.807) is 30.4 Å². The van der Waals surface area contributed by atoms with Crippen molar-refractivity contribution in [2.45, 2.75) is 37.9 Å². The number of sulfonamides is 1. The number of benzene rings is 1. The molecule has 1 aromatic carbocycles. The number of hydrogen-bond donors (Lipinski definition) is 0. The molecular weight excluding hydrogens is 334 g/mol. The molecule has 24 heavy (non-hydrogen) atoms. The predicted molar refractivity (Wildman–Crippen MR) is 105 cm³/mol. The van der Waals surface area contributed by atoms with E-state index in [0.29, 0.717) is 24.4 Å². The lowest BCUT2D eigenvalue weighted by Crippen LogP contribution is -2.32. The van der Waals surface area contributed by atoms with Gasteiger partial charge in [0.15, 0.2) is 0 Å². The van der Waals surface area contributed by atoms with Gasteiger partial charge in [-0.3, -0.25) is 0 Å². The number of allylic oxidation sites excluding steroid dienone is 2. The van der Waals surface area contributed by atoms with E-state index in [0.717, 1.165) is 5.56 Å². The fraction of sp³-hybridized carbons (Fsp3) is 0.368. The molecule has 0 saturated heterocycles. The van der Waals surface area contributed by atoms with E-state index in [1.165, 1.54) is 4.31 Å². The van der Waals surface area contributed by atoms with E-state index in [9.17, 15) is 8.42 Å². The minimum absolute atomic E-state index is 0.316. The summed E-state index contributed by atoms with van der Waals surface area (Å²) in [5.74, 6) is 3.14. The van der Waals surface area contributed by atoms with E-state index < -0.39 is 18.1 Å². The molecule has 0 aromatic heterocycles. The van der Waals surface area contributed by atoms with Gasteiger partial charge >= 0.3 is 0 Å². The highest BCUT2D eigenvalue weighted by atomic mass is 32.2. The third-order valence-electron chi connectivity index (χ3n) is 3.19. The molecule has 0 atom stereocenters. The summed E-state index contributed by atoms with van der Waals surface area (Å²) < 4.78 is 27.2. The summed E-state index contributed by atoms with van der Waals surface area (Å²) in [5, 5.41) is 0. The van der Waals surface area contributed by atoms with Crippen molar-refractivity contribution in [3.8, 4) is 11.5 Å². The lowest BCUT2D eigenvalue weighted by Gasteiger charge is -2.20. The molecule has 0 unspecified atom stereocenters. The van der Waals surface area contributed by atoms with Gasteiger partial charge in [0.1, 0.15) is 8.07 Å². The second kappa shape index (κ2) is 9.02. The molecule has 0 aliphatic carbocycles. The summed E-state index contributed by atoms with van der Waals surface area (Å²) in [7, 11) is -4.96. The van der Waals surface area contributed by atoms with Gasteiger partial charge in [0.2, 0.25) is 10.0 Å². The van der Waals surface area contributed by atoms with Gasteiger partial charge < -0.3 is 0 Å². The van der Waals surface area contributed by atoms with Gasteiger partial charge in [-0.2, -0.15) is 4.31 Å². The Morgan fingerprint density at radius 1 is 1.21 bits per heavy atom. The quantitative estimate of drug-likeness (QED) is 0.418. The van der Waals surface area contributed by atoms with Crippen LogP contribution in [0.25, 0.3) is 0 Å². The molecule has 1 aromatic rings. The van der Waals surface area contributed by atoms with Gasteiger partial charge in [0, 0.05) is 19.5 Å². The molecule has 0 heterocycles. The maximum Gasteiger partial charge on any atom is 0.243 e. The normalized spacial score (nSPS) is 12.2. The molecule has 0 bridgehead atoms. The first-order valence-electron chi connectivity index (χ1n) is 8.01. The molecule has 0 amide bonds. The molecule has 0 N–H and O–H groups in total. The zero-order valence-electron chi connectivity index (χ0n) is 15.0. The van der Waals surface area contributed by atoms with Crippen LogP contribution in [0.15, 0.2) is 54.0 Å². The summed E-state index contributed by atoms with van der Waals surface area (Å²) in [5.41, 5.74) is 4.31. The third kappa shape index (κ3) is 6.87. The lowest BCUT2D eigenvalue weighted by molar-refractivity contribution is 0.450. The van der Waals surface area contributed by atoms with Gasteiger partial charge in [-0.15, -0.1) is 11.5 Å². The first kappa shape index (κ1) is 20.4. The van der Waals surface area contributed by atoms with Gasteiger partial charge in [-0.05, 0) is 19.1 Å². The zero-order valence-corrected chi connectivity index (χ0v) is 16.9. The van der Waals surface area contributed by atoms with Crippen LogP contribution in [0.5, 0.6) is 0 Å². The number of nitrogens with zero attached hydrogens (tertiary/aromatic N) is 1. The SMILES string of the molecule is C=C/C=C/CN(CCC#C[Si](C)(C)C)S(=O)(=O)c1ccc(C)cc1. The van der Waals surface area contributed by atoms with Crippen molar-refractivity contribution in [1.29, 1.82) is 0 Å². The van der Waals surface area contributed by atoms with Crippen LogP contribution in [0, 0.1) is 18.4 Å². The summed E-state index contributed by atoms with van der Waals surface area (Å²) in [4.78, 5) is 0.318. The molecule has 0 saturated carbocycles. The average Bonchev–Trinajstić information content (AvgIpc) is 2.49. The van der Waals surface area contributed by atoms with Crippen LogP contribution in [-0.2, 0) is 10.0 Å². The number of rotatable bonds is 7. The minimum atomic E-state index is -3.52. The molecular formula is C19H27NO2SSi. The summed E-state index contributed by atoms with van der Waals surface area (Å²) in [6.45, 7) is 12.8. The highest BCUT2D eigenvalue weighted by Gasteiger charge is 2.22. The standard InChI is InChI=1S/C19H27NO2SSi/c1-6-7-8-15-20(16-9-10-17-24(3,4)5)23(21,22)19-13-11-18(2)12-14-19/h6-8,11-14H,1,9,15-16H2,2-5H3/b8-7+. The molecule has 1 rings (SSSR count). The largest absolute Gasteiger partial charge is 0.243 e. The smallest absolute Gasteiger partial charge is 0.207 e. The van der Waals surface area contributed by atoms with Crippen molar-refractivity contribution in [2.24, 2.45) is 0 Å². The van der Waals surface area contributed by atoms with Gasteiger partial charge in [-0.1, -0.05) is 62.1 Å². The van der Waals surface area contributed by atoms with Crippen molar-refractivity contribution in [3.63, 3.8) is 0 Å². The predicted octanol–water partition coefficient (Wildman–Crippen LogP) is 4.00. The molecule has 0 aliphatic heterocycles. The molecule has 5 heteroatoms. The summed E-state index contributed by atoms with van der Waals surface area (Å²) >= 11 is 0. The highest BCUT2D eigenvalue weighted by Crippen LogP contribution is 2.16. The van der Waals surface area contributed by atoms with Crippen LogP contribution in [0.3, 0.4) is 0 Å². The van der Waals surface area contributed by atoms with E-state index >= 15 is 0 Å². The molecule has 0 fully saturated rings. The van der Waals surface area contributed by atoms with Crippen molar-refractivity contribution in [1.82, 2.24) is 4.31 Å². The monoisotopic (exact) mass is 361 g/mol. The van der Waals surface area contributed by atoms with E-state index in [2.05, 4.69) is 37.7 Å². The van der Waals surface area contributed by atoms with E-state index in [1.807, 2.05) is 19.1 Å². The Morgan fingerprint density at radius 3 is 2.38 bits per heavy atom. The fourth-order valence-electron chi connectivity index (χ4n) is 1.95. The number of aryl methyl sites for hydroxylation is 1. The Morgan fingerprint density at radius 2 is 1.83 bits per heavy atom. The highest BCUT2D eigenvalue weighted by molar-refractivity contribution is 7.89. The molecule has 130 valence electrons. The Hall–Kier alpha value is -1.61. The lowest BCUT2D eigenvalue weighted by atomic mass is 10.2. The second-order valence-electron chi connectivity index (χ2n) is 6.64. The minimum Gasteiger partial charge on any atom is -0.207 e. The third-order valence-corrected chi connectivity index (χ3v) is 6.00. The van der Waals surface area contributed by atoms with Crippen molar-refractivity contribution >= 4 is 18.1 Å². The Balaban J connectivity index is 2.98. The van der Waals surface area contributed by atoms with Crippen LogP contribution >= 0.6 is 0 Å². The van der Waals surface area contributed by atoms with Crippen molar-refractivity contribution in [3.05, 3.63) is 54.6 Å². The van der Waals surface area contributed by atoms with Crippen LogP contribution < -0.4 is 0 Å². The molecule has 0 spiro atoms. The number of hydrogen-bond acceptors (Lipinski definition) is 2. The Kier molecular flexibility index (Phi) is 7.68. The van der Waals surface area contributed by atoms with Crippen LogP contribution in [0.1, 0.15) is 12.0 Å². The molecule has 3 nitrogen and oxygen atoms in total. The van der Waals surface area contributed by atoms with E-state index in [4.69, 9.17) is 0 Å². The first-order valence-corrected chi connectivity index (χ1v) is 13.0. The Labute approximate surface area is 148 Å². The van der Waals surface area contributed by atoms with Crippen molar-refractivity contribution in [2.75, 3.05) is 13.1 Å². The van der Waals surface area contributed by atoms with E-state index in [-0.39, 0.29) is 0 Å². The van der Waals surface area contributed by atoms with Crippen LogP contribution in [-0.4, -0.2) is 33.9 Å².